The van der Waals surface area contributed by atoms with Gasteiger partial charge in [0, 0.05) is 36.5 Å². The molecule has 0 aromatic heterocycles. The van der Waals surface area contributed by atoms with Crippen molar-refractivity contribution in [1.29, 1.82) is 5.26 Å². The van der Waals surface area contributed by atoms with E-state index in [4.69, 9.17) is 5.26 Å². The molecule has 7 heteroatoms. The monoisotopic (exact) mass is 269 g/mol. The number of halogens is 2. The fraction of sp³-hybridized carbons (Fsp3) is 0.417. The lowest BCUT2D eigenvalue weighted by Gasteiger charge is -2.24. The summed E-state index contributed by atoms with van der Waals surface area (Å²) in [5.74, 6) is 0. The van der Waals surface area contributed by atoms with Gasteiger partial charge in [-0.1, -0.05) is 0 Å². The summed E-state index contributed by atoms with van der Waals surface area (Å²) in [6.07, 6.45) is -2.60. The van der Waals surface area contributed by atoms with Gasteiger partial charge in [0.15, 0.2) is 0 Å². The third-order valence-corrected chi connectivity index (χ3v) is 2.67. The maximum Gasteiger partial charge on any atom is 0.270 e. The van der Waals surface area contributed by atoms with Crippen LogP contribution in [0.15, 0.2) is 18.2 Å². The SMILES string of the molecule is CCN(CCC#N)c1ccc([N+](=O)[O-])cc1C(F)F. The van der Waals surface area contributed by atoms with Gasteiger partial charge in [-0.05, 0) is 13.0 Å². The number of non-ortho nitro benzene ring substituents is 1. The molecular formula is C12H13F2N3O2. The second kappa shape index (κ2) is 6.64. The fourth-order valence-electron chi connectivity index (χ4n) is 1.75. The van der Waals surface area contributed by atoms with Crippen LogP contribution in [-0.2, 0) is 0 Å². The van der Waals surface area contributed by atoms with E-state index in [9.17, 15) is 18.9 Å². The highest BCUT2D eigenvalue weighted by Crippen LogP contribution is 2.33. The average molecular weight is 269 g/mol. The molecule has 0 saturated heterocycles. The Hall–Kier alpha value is -2.23. The predicted molar refractivity (Wildman–Crippen MR) is 66.2 cm³/mol. The summed E-state index contributed by atoms with van der Waals surface area (Å²) >= 11 is 0. The van der Waals surface area contributed by atoms with Gasteiger partial charge in [0.2, 0.25) is 0 Å². The van der Waals surface area contributed by atoms with Crippen LogP contribution in [0.1, 0.15) is 25.3 Å². The minimum absolute atomic E-state index is 0.202. The van der Waals surface area contributed by atoms with E-state index in [0.717, 1.165) is 6.07 Å². The van der Waals surface area contributed by atoms with Gasteiger partial charge >= 0.3 is 0 Å². The van der Waals surface area contributed by atoms with Crippen molar-refractivity contribution in [2.24, 2.45) is 0 Å². The maximum atomic E-state index is 13.0. The highest BCUT2D eigenvalue weighted by Gasteiger charge is 2.20. The van der Waals surface area contributed by atoms with Crippen LogP contribution >= 0.6 is 0 Å². The van der Waals surface area contributed by atoms with Gasteiger partial charge in [-0.3, -0.25) is 10.1 Å². The van der Waals surface area contributed by atoms with Gasteiger partial charge in [0.05, 0.1) is 17.4 Å². The Bertz CT molecular complexity index is 500. The van der Waals surface area contributed by atoms with Crippen LogP contribution in [0.2, 0.25) is 0 Å². The summed E-state index contributed by atoms with van der Waals surface area (Å²) in [5.41, 5.74) is -0.511. The molecule has 0 aliphatic rings. The fourth-order valence-corrected chi connectivity index (χ4v) is 1.75. The maximum absolute atomic E-state index is 13.0. The first-order valence-electron chi connectivity index (χ1n) is 5.69. The quantitative estimate of drug-likeness (QED) is 0.587. The highest BCUT2D eigenvalue weighted by molar-refractivity contribution is 5.58. The Morgan fingerprint density at radius 1 is 1.53 bits per heavy atom. The number of hydrogen-bond acceptors (Lipinski definition) is 4. The smallest absolute Gasteiger partial charge is 0.270 e. The Morgan fingerprint density at radius 2 is 2.21 bits per heavy atom. The second-order valence-corrected chi connectivity index (χ2v) is 3.79. The lowest BCUT2D eigenvalue weighted by Crippen LogP contribution is -2.25. The number of anilines is 1. The lowest BCUT2D eigenvalue weighted by atomic mass is 10.1. The van der Waals surface area contributed by atoms with E-state index in [1.807, 2.05) is 6.07 Å². The van der Waals surface area contributed by atoms with Gasteiger partial charge in [-0.25, -0.2) is 8.78 Å². The Labute approximate surface area is 109 Å². The van der Waals surface area contributed by atoms with Crippen molar-refractivity contribution in [3.63, 3.8) is 0 Å². The molecule has 0 atom stereocenters. The molecule has 1 aromatic rings. The van der Waals surface area contributed by atoms with Crippen molar-refractivity contribution in [1.82, 2.24) is 0 Å². The summed E-state index contributed by atoms with van der Waals surface area (Å²) in [5, 5.41) is 19.1. The molecule has 0 aliphatic carbocycles. The topological polar surface area (TPSA) is 70.2 Å². The Kier molecular flexibility index (Phi) is 5.18. The summed E-state index contributed by atoms with van der Waals surface area (Å²) in [4.78, 5) is 11.5. The Morgan fingerprint density at radius 3 is 2.68 bits per heavy atom. The minimum atomic E-state index is -2.80. The van der Waals surface area contributed by atoms with E-state index in [2.05, 4.69) is 0 Å². The molecule has 0 spiro atoms. The van der Waals surface area contributed by atoms with Gasteiger partial charge < -0.3 is 4.90 Å². The first-order valence-corrected chi connectivity index (χ1v) is 5.69. The standard InChI is InChI=1S/C12H13F2N3O2/c1-2-16(7-3-6-15)11-5-4-9(17(18)19)8-10(11)12(13)14/h4-5,8,12H,2-3,7H2,1H3. The number of benzene rings is 1. The molecule has 0 fully saturated rings. The first-order chi connectivity index (χ1) is 9.01. The average Bonchev–Trinajstić information content (AvgIpc) is 2.39. The number of nitrogens with zero attached hydrogens (tertiary/aromatic N) is 3. The second-order valence-electron chi connectivity index (χ2n) is 3.79. The summed E-state index contributed by atoms with van der Waals surface area (Å²) in [7, 11) is 0. The van der Waals surface area contributed by atoms with Crippen LogP contribution in [0.3, 0.4) is 0 Å². The van der Waals surface area contributed by atoms with Crippen molar-refractivity contribution in [2.45, 2.75) is 19.8 Å². The zero-order chi connectivity index (χ0) is 14.4. The lowest BCUT2D eigenvalue weighted by molar-refractivity contribution is -0.385. The van der Waals surface area contributed by atoms with Crippen molar-refractivity contribution >= 4 is 11.4 Å². The van der Waals surface area contributed by atoms with E-state index in [-0.39, 0.29) is 23.4 Å². The molecule has 0 saturated carbocycles. The van der Waals surface area contributed by atoms with Crippen molar-refractivity contribution in [3.8, 4) is 6.07 Å². The molecule has 0 unspecified atom stereocenters. The van der Waals surface area contributed by atoms with Crippen LogP contribution < -0.4 is 4.90 Å². The molecule has 5 nitrogen and oxygen atoms in total. The number of nitro benzene ring substituents is 1. The van der Waals surface area contributed by atoms with Gasteiger partial charge in [-0.15, -0.1) is 0 Å². The number of nitro groups is 1. The third kappa shape index (κ3) is 3.61. The molecule has 102 valence electrons. The van der Waals surface area contributed by atoms with Gasteiger partial charge in [0.1, 0.15) is 0 Å². The van der Waals surface area contributed by atoms with E-state index >= 15 is 0 Å². The third-order valence-electron chi connectivity index (χ3n) is 2.67. The van der Waals surface area contributed by atoms with E-state index in [0.29, 0.717) is 13.1 Å². The summed E-state index contributed by atoms with van der Waals surface area (Å²) < 4.78 is 26.0. The van der Waals surface area contributed by atoms with Crippen LogP contribution in [0.4, 0.5) is 20.2 Å². The highest BCUT2D eigenvalue weighted by atomic mass is 19.3. The molecule has 0 amide bonds. The molecule has 1 rings (SSSR count). The largest absolute Gasteiger partial charge is 0.370 e. The van der Waals surface area contributed by atoms with E-state index < -0.39 is 11.3 Å². The normalized spacial score (nSPS) is 10.3. The van der Waals surface area contributed by atoms with Crippen LogP contribution in [-0.4, -0.2) is 18.0 Å². The molecule has 19 heavy (non-hydrogen) atoms. The van der Waals surface area contributed by atoms with Crippen LogP contribution in [0, 0.1) is 21.4 Å². The zero-order valence-electron chi connectivity index (χ0n) is 10.3. The molecular weight excluding hydrogens is 256 g/mol. The van der Waals surface area contributed by atoms with E-state index in [1.165, 1.54) is 12.1 Å². The number of nitriles is 1. The minimum Gasteiger partial charge on any atom is -0.370 e. The van der Waals surface area contributed by atoms with Crippen molar-refractivity contribution < 1.29 is 13.7 Å². The van der Waals surface area contributed by atoms with Gasteiger partial charge in [-0.2, -0.15) is 5.26 Å². The molecule has 0 heterocycles. The first kappa shape index (κ1) is 14.8. The van der Waals surface area contributed by atoms with Gasteiger partial charge in [0.25, 0.3) is 12.1 Å². The zero-order valence-corrected chi connectivity index (χ0v) is 10.3. The molecule has 0 bridgehead atoms. The molecule has 1 aromatic carbocycles. The summed E-state index contributed by atoms with van der Waals surface area (Å²) in [6, 6.07) is 5.32. The Balaban J connectivity index is 3.18. The number of rotatable bonds is 6. The number of hydrogen-bond donors (Lipinski definition) is 0. The molecule has 0 radical (unpaired) electrons. The van der Waals surface area contributed by atoms with Crippen LogP contribution in [0.25, 0.3) is 0 Å². The predicted octanol–water partition coefficient (Wildman–Crippen LogP) is 3.27. The molecule has 0 aliphatic heterocycles. The van der Waals surface area contributed by atoms with E-state index in [1.54, 1.807) is 11.8 Å². The number of alkyl halides is 2. The molecule has 0 N–H and O–H groups in total. The summed E-state index contributed by atoms with van der Waals surface area (Å²) in [6.45, 7) is 2.53. The van der Waals surface area contributed by atoms with Crippen LogP contribution in [0.5, 0.6) is 0 Å². The van der Waals surface area contributed by atoms with Crippen molar-refractivity contribution in [3.05, 3.63) is 33.9 Å². The van der Waals surface area contributed by atoms with Crippen molar-refractivity contribution in [2.75, 3.05) is 18.0 Å².